The number of nitrogens with two attached hydrogens (primary N) is 1. The van der Waals surface area contributed by atoms with Gasteiger partial charge in [-0.05, 0) is 12.5 Å². The van der Waals surface area contributed by atoms with E-state index >= 15 is 4.39 Å². The summed E-state index contributed by atoms with van der Waals surface area (Å²) < 4.78 is 67.6. The van der Waals surface area contributed by atoms with Crippen LogP contribution in [0.5, 0.6) is 0 Å². The van der Waals surface area contributed by atoms with E-state index < -0.39 is 58.9 Å². The predicted molar refractivity (Wildman–Crippen MR) is 104 cm³/mol. The Hall–Kier alpha value is -1.32. The van der Waals surface area contributed by atoms with Crippen molar-refractivity contribution in [2.75, 3.05) is 5.73 Å². The van der Waals surface area contributed by atoms with E-state index in [2.05, 4.69) is 18.1 Å². The summed E-state index contributed by atoms with van der Waals surface area (Å²) in [4.78, 5) is 51.6. The molecule has 20 heteroatoms. The quantitative estimate of drug-likeness (QED) is 0.177. The van der Waals surface area contributed by atoms with Crippen molar-refractivity contribution in [1.82, 2.24) is 9.55 Å². The van der Waals surface area contributed by atoms with Crippen LogP contribution in [0.15, 0.2) is 29.2 Å². The lowest BCUT2D eigenvalue weighted by atomic mass is 10.1. The third kappa shape index (κ3) is 4.91. The fourth-order valence-corrected chi connectivity index (χ4v) is 6.64. The average Bonchev–Trinajstić information content (AvgIpc) is 3.00. The number of ether oxygens (including phenoxy) is 1. The van der Waals surface area contributed by atoms with Gasteiger partial charge in [0.1, 0.15) is 11.9 Å². The lowest BCUT2D eigenvalue weighted by Gasteiger charge is -2.24. The molecule has 0 aromatic carbocycles. The van der Waals surface area contributed by atoms with E-state index in [1.807, 2.05) is 0 Å². The van der Waals surface area contributed by atoms with Crippen LogP contribution < -0.4 is 11.4 Å². The number of phosphoric ester groups is 1. The van der Waals surface area contributed by atoms with E-state index in [-0.39, 0.29) is 5.82 Å². The van der Waals surface area contributed by atoms with Gasteiger partial charge >= 0.3 is 29.2 Å². The first-order valence-corrected chi connectivity index (χ1v) is 13.4. The summed E-state index contributed by atoms with van der Waals surface area (Å²) in [6, 6.07) is 1.16. The minimum atomic E-state index is -5.85. The maximum absolute atomic E-state index is 15.3. The first-order chi connectivity index (χ1) is 15.0. The molecule has 1 saturated carbocycles. The molecule has 0 amide bonds. The fraction of sp³-hybridized carbons (Fsp3) is 0.538. The van der Waals surface area contributed by atoms with Crippen LogP contribution in [0.2, 0.25) is 0 Å². The Balaban J connectivity index is 1.89. The van der Waals surface area contributed by atoms with Gasteiger partial charge in [0.25, 0.3) is 0 Å². The summed E-state index contributed by atoms with van der Waals surface area (Å²) >= 11 is 0. The Kier molecular flexibility index (Phi) is 6.70. The number of nitrogens with zero attached hydrogens (tertiary/aromatic N) is 2. The minimum Gasteiger partial charge on any atom is -0.383 e. The molecule has 0 bridgehead atoms. The predicted octanol–water partition coefficient (Wildman–Crippen LogP) is -0.146. The van der Waals surface area contributed by atoms with Crippen molar-refractivity contribution >= 4 is 29.3 Å². The number of rotatable bonds is 9. The number of hydrogen-bond acceptors (Lipinski definition) is 11. The van der Waals surface area contributed by atoms with Crippen LogP contribution in [0.3, 0.4) is 0 Å². The number of anilines is 1. The number of nitrogen functional groups attached to an aromatic ring is 1. The number of allylic oxidation sites excluding steroid dienone is 1. The maximum Gasteiger partial charge on any atom is 0.490 e. The zero-order chi connectivity index (χ0) is 25.0. The van der Waals surface area contributed by atoms with E-state index in [0.717, 1.165) is 18.3 Å². The minimum absolute atomic E-state index is 0.167. The van der Waals surface area contributed by atoms with Crippen molar-refractivity contribution in [2.24, 2.45) is 0 Å². The third-order valence-electron chi connectivity index (χ3n) is 4.70. The van der Waals surface area contributed by atoms with Gasteiger partial charge in [-0.25, -0.2) is 22.9 Å². The third-order valence-corrected chi connectivity index (χ3v) is 8.50. The van der Waals surface area contributed by atoms with E-state index in [1.165, 1.54) is 6.08 Å². The molecule has 2 fully saturated rings. The van der Waals surface area contributed by atoms with Crippen LogP contribution in [-0.2, 0) is 31.6 Å². The molecule has 3 rings (SSSR count). The van der Waals surface area contributed by atoms with Crippen LogP contribution in [0, 0.1) is 0 Å². The molecule has 16 nitrogen and oxygen atoms in total. The molecule has 186 valence electrons. The number of phosphoric acid groups is 3. The number of aliphatic hydroxyl groups is 1. The first-order valence-electron chi connectivity index (χ1n) is 8.87. The van der Waals surface area contributed by atoms with Gasteiger partial charge in [-0.2, -0.15) is 13.6 Å². The smallest absolute Gasteiger partial charge is 0.383 e. The van der Waals surface area contributed by atoms with Gasteiger partial charge in [0.05, 0.1) is 0 Å². The van der Waals surface area contributed by atoms with Crippen LogP contribution >= 0.6 is 23.5 Å². The number of fused-ring (bicyclic) bond motifs is 1. The molecule has 1 aliphatic carbocycles. The molecular formula is C13H19FN3O13P3. The summed E-state index contributed by atoms with van der Waals surface area (Å²) in [7, 11) is -17.2. The molecule has 2 aliphatic rings. The number of hydrogen-bond donors (Lipinski definition) is 6. The second-order valence-corrected chi connectivity index (χ2v) is 11.3. The van der Waals surface area contributed by atoms with E-state index in [9.17, 15) is 33.4 Å². The molecule has 7 N–H and O–H groups in total. The van der Waals surface area contributed by atoms with Gasteiger partial charge in [0.15, 0.2) is 23.6 Å². The van der Waals surface area contributed by atoms with Gasteiger partial charge in [-0.1, -0.05) is 19.1 Å². The molecule has 1 saturated heterocycles. The molecule has 0 spiro atoms. The molecule has 7 atom stereocenters. The highest BCUT2D eigenvalue weighted by atomic mass is 31.3. The highest BCUT2D eigenvalue weighted by molar-refractivity contribution is 7.66. The largest absolute Gasteiger partial charge is 0.490 e. The van der Waals surface area contributed by atoms with Crippen LogP contribution in [0.25, 0.3) is 0 Å². The van der Waals surface area contributed by atoms with Crippen LogP contribution in [0.4, 0.5) is 10.2 Å². The van der Waals surface area contributed by atoms with Crippen molar-refractivity contribution in [3.63, 3.8) is 0 Å². The number of alkyl halides is 1. The maximum atomic E-state index is 15.3. The molecule has 1 aliphatic heterocycles. The lowest BCUT2D eigenvalue weighted by molar-refractivity contribution is -0.0786. The Labute approximate surface area is 183 Å². The van der Waals surface area contributed by atoms with E-state index in [4.69, 9.17) is 20.3 Å². The number of halogens is 1. The summed E-state index contributed by atoms with van der Waals surface area (Å²) in [5.41, 5.74) is -0.480. The molecule has 3 unspecified atom stereocenters. The first kappa shape index (κ1) is 26.3. The van der Waals surface area contributed by atoms with Crippen LogP contribution in [-0.4, -0.2) is 57.7 Å². The monoisotopic (exact) mass is 537 g/mol. The zero-order valence-electron chi connectivity index (χ0n) is 16.4. The molecule has 1 aromatic heterocycles. The molecule has 0 radical (unpaired) electrons. The fourth-order valence-electron chi connectivity index (χ4n) is 3.40. The summed E-state index contributed by atoms with van der Waals surface area (Å²) in [5, 5.41) is 10.9. The van der Waals surface area contributed by atoms with Gasteiger partial charge < -0.3 is 35.2 Å². The zero-order valence-corrected chi connectivity index (χ0v) is 19.1. The second-order valence-electron chi connectivity index (χ2n) is 6.96. The van der Waals surface area contributed by atoms with Crippen molar-refractivity contribution < 1.29 is 60.6 Å². The standard InChI is InChI=1S/C13H19FN3O13P3/c1-2-3-5-12-10(28-32(23,24)30-33(25,26)29-31(20,21)22)13(12,19)8(14)9(27-12)17-6-4-7(15)16-11(17)18/h3-6,8-10,19H,2H2,1H3,(H,23,24)(H,25,26)(H2,15,16,18)(H2,20,21,22)/b5-3+/t8-,9+,10?,12+,13+/m0/s1. The van der Waals surface area contributed by atoms with Gasteiger partial charge in [-0.15, -0.1) is 0 Å². The van der Waals surface area contributed by atoms with Crippen molar-refractivity contribution in [3.8, 4) is 0 Å². The summed E-state index contributed by atoms with van der Waals surface area (Å²) in [5.74, 6) is -0.167. The molecular weight excluding hydrogens is 518 g/mol. The highest BCUT2D eigenvalue weighted by Crippen LogP contribution is 2.72. The topological polar surface area (TPSA) is 250 Å². The van der Waals surface area contributed by atoms with Crippen molar-refractivity contribution in [2.45, 2.75) is 43.1 Å². The Bertz CT molecular complexity index is 1170. The SMILES string of the molecule is CC/C=C/[C@]12O[C@@H](n3ccc(N)nc3=O)[C@H](F)[C@@]1(O)C2OP(=O)(O)OP(=O)(O)OP(=O)(O)O. The highest BCUT2D eigenvalue weighted by Gasteiger charge is 2.89. The van der Waals surface area contributed by atoms with E-state index in [1.54, 1.807) is 6.92 Å². The number of aromatic nitrogens is 2. The van der Waals surface area contributed by atoms with Gasteiger partial charge in [0.2, 0.25) is 0 Å². The molecule has 2 heterocycles. The second kappa shape index (κ2) is 8.41. The van der Waals surface area contributed by atoms with Gasteiger partial charge in [-0.3, -0.25) is 9.09 Å². The van der Waals surface area contributed by atoms with Crippen molar-refractivity contribution in [1.29, 1.82) is 0 Å². The Morgan fingerprint density at radius 1 is 1.27 bits per heavy atom. The molecule has 1 aromatic rings. The van der Waals surface area contributed by atoms with E-state index in [0.29, 0.717) is 11.0 Å². The molecule has 33 heavy (non-hydrogen) atoms. The summed E-state index contributed by atoms with van der Waals surface area (Å²) in [6.45, 7) is 1.65. The summed E-state index contributed by atoms with van der Waals surface area (Å²) in [6.07, 6.45) is -2.38. The van der Waals surface area contributed by atoms with Crippen molar-refractivity contribution in [3.05, 3.63) is 34.9 Å². The lowest BCUT2D eigenvalue weighted by Crippen LogP contribution is -2.38. The Morgan fingerprint density at radius 2 is 1.91 bits per heavy atom. The normalized spacial score (nSPS) is 35.2. The van der Waals surface area contributed by atoms with Crippen LogP contribution in [0.1, 0.15) is 19.6 Å². The average molecular weight is 537 g/mol. The van der Waals surface area contributed by atoms with Gasteiger partial charge in [0, 0.05) is 6.20 Å². The Morgan fingerprint density at radius 3 is 2.45 bits per heavy atom.